The fourth-order valence-electron chi connectivity index (χ4n) is 6.35. The first-order valence-electron chi connectivity index (χ1n) is 15.0. The van der Waals surface area contributed by atoms with Gasteiger partial charge in [0.05, 0.1) is 18.3 Å². The van der Waals surface area contributed by atoms with E-state index in [2.05, 4.69) is 15.5 Å². The van der Waals surface area contributed by atoms with Crippen molar-refractivity contribution in [2.45, 2.75) is 70.4 Å². The van der Waals surface area contributed by atoms with Crippen LogP contribution in [0.1, 0.15) is 57.8 Å². The number of carbonyl (C=O) groups is 1. The van der Waals surface area contributed by atoms with Gasteiger partial charge in [-0.05, 0) is 62.8 Å². The minimum atomic E-state index is -4.39. The maximum atomic E-state index is 14.0. The zero-order valence-electron chi connectivity index (χ0n) is 25.1. The number of amides is 1. The van der Waals surface area contributed by atoms with Gasteiger partial charge in [-0.3, -0.25) is 4.79 Å². The Morgan fingerprint density at radius 2 is 1.86 bits per heavy atom. The van der Waals surface area contributed by atoms with Crippen molar-refractivity contribution in [2.24, 2.45) is 0 Å². The summed E-state index contributed by atoms with van der Waals surface area (Å²) in [6.45, 7) is 6.83. The molecule has 1 N–H and O–H groups in total. The largest absolute Gasteiger partial charge is 0.416 e. The number of anilines is 1. The first-order chi connectivity index (χ1) is 21.1. The molecule has 10 nitrogen and oxygen atoms in total. The summed E-state index contributed by atoms with van der Waals surface area (Å²) in [5.74, 6) is 1.23. The Morgan fingerprint density at radius 1 is 1.07 bits per heavy atom. The van der Waals surface area contributed by atoms with E-state index in [-0.39, 0.29) is 29.9 Å². The number of nitrogens with zero attached hydrogens (tertiary/aromatic N) is 5. The van der Waals surface area contributed by atoms with Crippen LogP contribution in [0.5, 0.6) is 0 Å². The number of piperidine rings is 1. The maximum absolute atomic E-state index is 14.0. The highest BCUT2D eigenvalue weighted by molar-refractivity contribution is 5.95. The topological polar surface area (TPSA) is 106 Å². The second kappa shape index (κ2) is 12.4. The fraction of sp³-hybridized carbons (Fsp3) is 0.548. The second-order valence-electron chi connectivity index (χ2n) is 11.8. The lowest BCUT2D eigenvalue weighted by Crippen LogP contribution is -2.54. The molecule has 0 aliphatic carbocycles. The number of ether oxygens (including phenoxy) is 2. The predicted molar refractivity (Wildman–Crippen MR) is 155 cm³/mol. The zero-order valence-corrected chi connectivity index (χ0v) is 25.1. The molecule has 2 saturated heterocycles. The molecule has 0 spiro atoms. The maximum Gasteiger partial charge on any atom is 0.416 e. The van der Waals surface area contributed by atoms with Gasteiger partial charge in [0.1, 0.15) is 17.3 Å². The van der Waals surface area contributed by atoms with Crippen molar-refractivity contribution >= 4 is 11.7 Å². The zero-order chi connectivity index (χ0) is 31.0. The lowest BCUT2D eigenvalue weighted by Gasteiger charge is -2.38. The van der Waals surface area contributed by atoms with Gasteiger partial charge in [-0.15, -0.1) is 0 Å². The molecule has 2 atom stereocenters. The Morgan fingerprint density at radius 3 is 2.57 bits per heavy atom. The predicted octanol–water partition coefficient (Wildman–Crippen LogP) is 4.33. The van der Waals surface area contributed by atoms with E-state index in [1.807, 2.05) is 16.7 Å². The van der Waals surface area contributed by atoms with Gasteiger partial charge in [0.25, 0.3) is 5.91 Å². The van der Waals surface area contributed by atoms with Gasteiger partial charge < -0.3 is 29.1 Å². The van der Waals surface area contributed by atoms with Gasteiger partial charge in [-0.2, -0.15) is 13.2 Å². The van der Waals surface area contributed by atoms with Crippen molar-refractivity contribution < 1.29 is 32.0 Å². The summed E-state index contributed by atoms with van der Waals surface area (Å²) in [4.78, 5) is 27.3. The Bertz CT molecular complexity index is 1500. The minimum Gasteiger partial charge on any atom is -0.379 e. The van der Waals surface area contributed by atoms with Crippen molar-refractivity contribution in [3.05, 3.63) is 58.0 Å². The van der Waals surface area contributed by atoms with Crippen molar-refractivity contribution in [2.75, 3.05) is 44.9 Å². The summed E-state index contributed by atoms with van der Waals surface area (Å²) in [6, 6.07) is 6.07. The number of carbonyl (C=O) groups excluding carboxylic acids is 1. The molecule has 0 saturated carbocycles. The monoisotopic (exact) mass is 614 g/mol. The molecule has 2 fully saturated rings. The summed E-state index contributed by atoms with van der Waals surface area (Å²) in [6.07, 6.45) is -1.48. The normalized spacial score (nSPS) is 21.4. The van der Waals surface area contributed by atoms with Gasteiger partial charge in [0.2, 0.25) is 0 Å². The Balaban J connectivity index is 1.23. The van der Waals surface area contributed by atoms with E-state index in [4.69, 9.17) is 19.0 Å². The van der Waals surface area contributed by atoms with Crippen LogP contribution < -0.4 is 10.2 Å². The molecular formula is C31H37F3N6O4. The van der Waals surface area contributed by atoms with Gasteiger partial charge in [0, 0.05) is 63.6 Å². The average Bonchev–Trinajstić information content (AvgIpc) is 3.46. The summed E-state index contributed by atoms with van der Waals surface area (Å²) >= 11 is 0. The molecule has 44 heavy (non-hydrogen) atoms. The molecule has 3 aromatic rings. The van der Waals surface area contributed by atoms with Crippen LogP contribution in [-0.2, 0) is 28.6 Å². The lowest BCUT2D eigenvalue weighted by molar-refractivity contribution is -0.137. The van der Waals surface area contributed by atoms with Crippen molar-refractivity contribution in [1.29, 1.82) is 0 Å². The Hall–Kier alpha value is -3.55. The number of fused-ring (bicyclic) bond motifs is 1. The molecule has 13 heteroatoms. The van der Waals surface area contributed by atoms with Crippen molar-refractivity contribution in [1.82, 2.24) is 25.3 Å². The highest BCUT2D eigenvalue weighted by Gasteiger charge is 2.34. The van der Waals surface area contributed by atoms with Crippen LogP contribution in [0.4, 0.5) is 19.0 Å². The first kappa shape index (κ1) is 30.5. The first-order valence-corrected chi connectivity index (χ1v) is 15.0. The third-order valence-electron chi connectivity index (χ3n) is 8.86. The van der Waals surface area contributed by atoms with Crippen LogP contribution in [0.25, 0.3) is 11.5 Å². The average molecular weight is 615 g/mol. The van der Waals surface area contributed by atoms with Crippen LogP contribution >= 0.6 is 0 Å². The van der Waals surface area contributed by atoms with Crippen LogP contribution in [0.15, 0.2) is 28.8 Å². The SMILES string of the molecule is CO[C@H]1COCC[C@H]1NC1CCN(C(=O)c2nc(-c3cc(C)on3)nc(N3CCc4cc(C(F)(F)F)ccc4C3)c2C)CC1. The van der Waals surface area contributed by atoms with Crippen LogP contribution in [0.2, 0.25) is 0 Å². The highest BCUT2D eigenvalue weighted by Crippen LogP contribution is 2.34. The van der Waals surface area contributed by atoms with E-state index in [0.29, 0.717) is 79.9 Å². The van der Waals surface area contributed by atoms with E-state index in [1.165, 1.54) is 12.1 Å². The van der Waals surface area contributed by atoms with E-state index < -0.39 is 11.7 Å². The van der Waals surface area contributed by atoms with Gasteiger partial charge in [-0.25, -0.2) is 9.97 Å². The number of aromatic nitrogens is 3. The number of aryl methyl sites for hydroxylation is 1. The number of benzene rings is 1. The summed E-state index contributed by atoms with van der Waals surface area (Å²) in [5, 5.41) is 7.80. The molecule has 2 aromatic heterocycles. The van der Waals surface area contributed by atoms with E-state index >= 15 is 0 Å². The number of likely N-dealkylation sites (tertiary alicyclic amines) is 1. The molecule has 0 radical (unpaired) electrons. The summed E-state index contributed by atoms with van der Waals surface area (Å²) < 4.78 is 56.3. The van der Waals surface area contributed by atoms with Gasteiger partial charge in [0.15, 0.2) is 11.5 Å². The van der Waals surface area contributed by atoms with E-state index in [9.17, 15) is 18.0 Å². The second-order valence-corrected chi connectivity index (χ2v) is 11.8. The van der Waals surface area contributed by atoms with E-state index in [0.717, 1.165) is 30.9 Å². The molecule has 0 bridgehead atoms. The molecule has 1 amide bonds. The highest BCUT2D eigenvalue weighted by atomic mass is 19.4. The minimum absolute atomic E-state index is 0.0116. The molecule has 0 unspecified atom stereocenters. The molecule has 3 aliphatic rings. The number of methoxy groups -OCH3 is 1. The number of hydrogen-bond acceptors (Lipinski definition) is 9. The number of rotatable bonds is 6. The molecule has 1 aromatic carbocycles. The molecular weight excluding hydrogens is 577 g/mol. The third-order valence-corrected chi connectivity index (χ3v) is 8.86. The number of alkyl halides is 3. The number of hydrogen-bond donors (Lipinski definition) is 1. The van der Waals surface area contributed by atoms with Gasteiger partial charge >= 0.3 is 6.18 Å². The fourth-order valence-corrected chi connectivity index (χ4v) is 6.35. The third kappa shape index (κ3) is 6.31. The van der Waals surface area contributed by atoms with Crippen LogP contribution in [0, 0.1) is 13.8 Å². The van der Waals surface area contributed by atoms with Crippen molar-refractivity contribution in [3.63, 3.8) is 0 Å². The molecule has 236 valence electrons. The lowest BCUT2D eigenvalue weighted by atomic mass is 9.96. The van der Waals surface area contributed by atoms with Crippen LogP contribution in [0.3, 0.4) is 0 Å². The van der Waals surface area contributed by atoms with E-state index in [1.54, 1.807) is 20.1 Å². The molecule has 6 rings (SSSR count). The number of nitrogens with one attached hydrogen (secondary N) is 1. The van der Waals surface area contributed by atoms with Crippen molar-refractivity contribution in [3.8, 4) is 11.5 Å². The summed E-state index contributed by atoms with van der Waals surface area (Å²) in [7, 11) is 1.70. The molecule has 5 heterocycles. The summed E-state index contributed by atoms with van der Waals surface area (Å²) in [5.41, 5.74) is 2.14. The quantitative estimate of drug-likeness (QED) is 0.435. The smallest absolute Gasteiger partial charge is 0.379 e. The molecule has 3 aliphatic heterocycles. The van der Waals surface area contributed by atoms with Gasteiger partial charge in [-0.1, -0.05) is 11.2 Å². The Kier molecular flexibility index (Phi) is 8.62. The standard InChI is InChI=1S/C31H37F3N6O4/c1-18-14-25(38-44-18)28-36-27(30(41)39-11-7-23(8-12-39)35-24-9-13-43-17-26(24)42-3)19(2)29(37-28)40-10-6-20-15-22(31(32,33)34)5-4-21(20)16-40/h4-5,14-15,23-24,26,35H,6-13,16-17H2,1-3H3/t24-,26+/m1/s1. The van der Waals surface area contributed by atoms with Crippen LogP contribution in [-0.4, -0.2) is 84.1 Å². The number of halogens is 3. The Labute approximate surface area is 253 Å².